The zero-order valence-corrected chi connectivity index (χ0v) is 20.1. The van der Waals surface area contributed by atoms with Crippen molar-refractivity contribution in [1.29, 1.82) is 0 Å². The molecule has 0 heterocycles. The molecular formula is C27H40O3. The Morgan fingerprint density at radius 1 is 1.07 bits per heavy atom. The van der Waals surface area contributed by atoms with Gasteiger partial charge in [-0.05, 0) is 47.3 Å². The number of aliphatic carboxylic acids is 1. The van der Waals surface area contributed by atoms with Gasteiger partial charge in [0.25, 0.3) is 0 Å². The molecule has 0 spiro atoms. The summed E-state index contributed by atoms with van der Waals surface area (Å²) in [5.74, 6) is 0.0863. The molecule has 0 unspecified atom stereocenters. The minimum atomic E-state index is -0.927. The standard InChI is InChI=1S/C27H40O3/c1-9-10-16-30-25-21(15-13-11-12-14-20(2)17-24(28)29)18-22(26(3,4)5)19-23(25)27(6,7)8/h11-14,17-19H,9-10,15-16H2,1-8H3,(H,28,29)/b13-11+,14-12+,20-17+. The molecule has 0 aliphatic heterocycles. The summed E-state index contributed by atoms with van der Waals surface area (Å²) in [6.45, 7) is 18.1. The molecule has 166 valence electrons. The Bertz CT molecular complexity index is 797. The molecule has 0 bridgehead atoms. The molecule has 1 aromatic rings. The number of hydrogen-bond acceptors (Lipinski definition) is 2. The highest BCUT2D eigenvalue weighted by atomic mass is 16.5. The van der Waals surface area contributed by atoms with Gasteiger partial charge >= 0.3 is 5.97 Å². The van der Waals surface area contributed by atoms with Crippen molar-refractivity contribution in [3.8, 4) is 5.75 Å². The Morgan fingerprint density at radius 3 is 2.27 bits per heavy atom. The van der Waals surface area contributed by atoms with Gasteiger partial charge in [0.1, 0.15) is 5.75 Å². The number of rotatable bonds is 9. The summed E-state index contributed by atoms with van der Waals surface area (Å²) in [4.78, 5) is 10.7. The van der Waals surface area contributed by atoms with Crippen molar-refractivity contribution in [3.05, 3.63) is 64.8 Å². The van der Waals surface area contributed by atoms with Crippen molar-refractivity contribution in [2.24, 2.45) is 0 Å². The average Bonchev–Trinajstić information content (AvgIpc) is 2.59. The molecule has 3 nitrogen and oxygen atoms in total. The fourth-order valence-electron chi connectivity index (χ4n) is 3.04. The first-order valence-electron chi connectivity index (χ1n) is 10.9. The van der Waals surface area contributed by atoms with E-state index in [0.29, 0.717) is 5.57 Å². The predicted octanol–water partition coefficient (Wildman–Crippen LogP) is 7.15. The smallest absolute Gasteiger partial charge is 0.328 e. The molecule has 0 aliphatic rings. The Labute approximate surface area is 183 Å². The molecule has 1 rings (SSSR count). The molecule has 1 aromatic carbocycles. The lowest BCUT2D eigenvalue weighted by Crippen LogP contribution is -2.19. The minimum Gasteiger partial charge on any atom is -0.493 e. The molecule has 0 saturated heterocycles. The fourth-order valence-corrected chi connectivity index (χ4v) is 3.04. The summed E-state index contributed by atoms with van der Waals surface area (Å²) >= 11 is 0. The first-order chi connectivity index (χ1) is 13.9. The van der Waals surface area contributed by atoms with E-state index in [-0.39, 0.29) is 10.8 Å². The number of hydrogen-bond donors (Lipinski definition) is 1. The highest BCUT2D eigenvalue weighted by molar-refractivity contribution is 5.81. The summed E-state index contributed by atoms with van der Waals surface area (Å²) < 4.78 is 6.32. The van der Waals surface area contributed by atoms with Crippen molar-refractivity contribution in [2.45, 2.75) is 85.5 Å². The van der Waals surface area contributed by atoms with E-state index in [0.717, 1.165) is 31.6 Å². The molecule has 1 N–H and O–H groups in total. The van der Waals surface area contributed by atoms with Crippen LogP contribution in [0.15, 0.2) is 48.1 Å². The largest absolute Gasteiger partial charge is 0.493 e. The second-order valence-electron chi connectivity index (χ2n) is 9.93. The Balaban J connectivity index is 3.29. The third kappa shape index (κ3) is 8.61. The van der Waals surface area contributed by atoms with Gasteiger partial charge in [-0.2, -0.15) is 0 Å². The van der Waals surface area contributed by atoms with Crippen LogP contribution in [0.2, 0.25) is 0 Å². The number of ether oxygens (including phenoxy) is 1. The zero-order valence-electron chi connectivity index (χ0n) is 20.1. The van der Waals surface area contributed by atoms with Gasteiger partial charge in [0.2, 0.25) is 0 Å². The molecule has 0 amide bonds. The van der Waals surface area contributed by atoms with E-state index in [2.05, 4.69) is 66.7 Å². The molecule has 0 radical (unpaired) electrons. The average molecular weight is 413 g/mol. The second kappa shape index (κ2) is 11.2. The molecular weight excluding hydrogens is 372 g/mol. The van der Waals surface area contributed by atoms with Crippen LogP contribution in [0.5, 0.6) is 5.75 Å². The van der Waals surface area contributed by atoms with Gasteiger partial charge in [-0.15, -0.1) is 0 Å². The van der Waals surface area contributed by atoms with Crippen molar-refractivity contribution in [3.63, 3.8) is 0 Å². The van der Waals surface area contributed by atoms with Crippen molar-refractivity contribution < 1.29 is 14.6 Å². The summed E-state index contributed by atoms with van der Waals surface area (Å²) in [6, 6.07) is 4.59. The first-order valence-corrected chi connectivity index (χ1v) is 10.9. The lowest BCUT2D eigenvalue weighted by atomic mass is 9.78. The number of unbranched alkanes of at least 4 members (excludes halogenated alkanes) is 1. The molecule has 0 aliphatic carbocycles. The summed E-state index contributed by atoms with van der Waals surface area (Å²) in [5, 5.41) is 8.80. The second-order valence-corrected chi connectivity index (χ2v) is 9.93. The highest BCUT2D eigenvalue weighted by Crippen LogP contribution is 2.39. The third-order valence-electron chi connectivity index (χ3n) is 4.88. The SMILES string of the molecule is CCCCOc1c(C/C=C/C=C/C(C)=C/C(=O)O)cc(C(C)(C)C)cc1C(C)(C)C. The summed E-state index contributed by atoms with van der Waals surface area (Å²) in [5.41, 5.74) is 4.52. The van der Waals surface area contributed by atoms with Crippen molar-refractivity contribution in [2.75, 3.05) is 6.61 Å². The van der Waals surface area contributed by atoms with Crippen LogP contribution in [0, 0.1) is 0 Å². The van der Waals surface area contributed by atoms with Gasteiger partial charge in [0.15, 0.2) is 0 Å². The molecule has 0 saturated carbocycles. The van der Waals surface area contributed by atoms with Crippen molar-refractivity contribution in [1.82, 2.24) is 0 Å². The summed E-state index contributed by atoms with van der Waals surface area (Å²) in [7, 11) is 0. The van der Waals surface area contributed by atoms with E-state index in [9.17, 15) is 4.79 Å². The minimum absolute atomic E-state index is 0.0140. The van der Waals surface area contributed by atoms with Crippen LogP contribution in [0.1, 0.15) is 84.9 Å². The Hall–Kier alpha value is -2.29. The van der Waals surface area contributed by atoms with Gasteiger partial charge in [0.05, 0.1) is 6.61 Å². The van der Waals surface area contributed by atoms with Gasteiger partial charge in [-0.3, -0.25) is 0 Å². The zero-order chi connectivity index (χ0) is 22.9. The van der Waals surface area contributed by atoms with E-state index in [1.165, 1.54) is 22.8 Å². The highest BCUT2D eigenvalue weighted by Gasteiger charge is 2.25. The summed E-state index contributed by atoms with van der Waals surface area (Å²) in [6.07, 6.45) is 11.9. The number of benzene rings is 1. The normalized spacial score (nSPS) is 13.4. The van der Waals surface area contributed by atoms with Crippen LogP contribution in [-0.2, 0) is 22.0 Å². The van der Waals surface area contributed by atoms with E-state index < -0.39 is 5.97 Å². The lowest BCUT2D eigenvalue weighted by Gasteiger charge is -2.29. The molecule has 30 heavy (non-hydrogen) atoms. The fraction of sp³-hybridized carbons (Fsp3) is 0.519. The molecule has 0 fully saturated rings. The van der Waals surface area contributed by atoms with Crippen LogP contribution in [0.4, 0.5) is 0 Å². The maximum absolute atomic E-state index is 10.7. The van der Waals surface area contributed by atoms with Gasteiger partial charge in [-0.25, -0.2) is 4.79 Å². The van der Waals surface area contributed by atoms with Crippen LogP contribution in [0.25, 0.3) is 0 Å². The Morgan fingerprint density at radius 2 is 1.73 bits per heavy atom. The van der Waals surface area contributed by atoms with Crippen LogP contribution < -0.4 is 4.74 Å². The number of carbonyl (C=O) groups is 1. The molecule has 3 heteroatoms. The van der Waals surface area contributed by atoms with Crippen LogP contribution in [0.3, 0.4) is 0 Å². The third-order valence-corrected chi connectivity index (χ3v) is 4.88. The number of allylic oxidation sites excluding steroid dienone is 5. The first kappa shape index (κ1) is 25.7. The van der Waals surface area contributed by atoms with Crippen molar-refractivity contribution >= 4 is 5.97 Å². The monoisotopic (exact) mass is 412 g/mol. The topological polar surface area (TPSA) is 46.5 Å². The predicted molar refractivity (Wildman–Crippen MR) is 128 cm³/mol. The van der Waals surface area contributed by atoms with Crippen LogP contribution in [-0.4, -0.2) is 17.7 Å². The maximum Gasteiger partial charge on any atom is 0.328 e. The van der Waals surface area contributed by atoms with Gasteiger partial charge in [-0.1, -0.05) is 91.3 Å². The molecule has 0 aromatic heterocycles. The number of carboxylic acid groups (broad SMARTS) is 1. The lowest BCUT2D eigenvalue weighted by molar-refractivity contribution is -0.131. The quantitative estimate of drug-likeness (QED) is 0.266. The Kier molecular flexibility index (Phi) is 9.61. The van der Waals surface area contributed by atoms with E-state index in [1.807, 2.05) is 12.2 Å². The van der Waals surface area contributed by atoms with E-state index in [1.54, 1.807) is 13.0 Å². The molecule has 0 atom stereocenters. The van der Waals surface area contributed by atoms with Gasteiger partial charge < -0.3 is 9.84 Å². The number of carboxylic acids is 1. The van der Waals surface area contributed by atoms with E-state index in [4.69, 9.17) is 9.84 Å². The van der Waals surface area contributed by atoms with Gasteiger partial charge in [0, 0.05) is 11.6 Å². The van der Waals surface area contributed by atoms with E-state index >= 15 is 0 Å². The maximum atomic E-state index is 10.7. The van der Waals surface area contributed by atoms with Crippen LogP contribution >= 0.6 is 0 Å².